The Morgan fingerprint density at radius 3 is 2.06 bits per heavy atom. The van der Waals surface area contributed by atoms with E-state index in [0.717, 1.165) is 5.56 Å². The van der Waals surface area contributed by atoms with E-state index in [1.807, 2.05) is 57.3 Å². The average Bonchev–Trinajstić information content (AvgIpc) is 2.82. The van der Waals surface area contributed by atoms with Gasteiger partial charge >= 0.3 is 0 Å². The van der Waals surface area contributed by atoms with E-state index in [2.05, 4.69) is 5.32 Å². The highest BCUT2D eigenvalue weighted by molar-refractivity contribution is 14.1. The van der Waals surface area contributed by atoms with E-state index in [4.69, 9.17) is 11.6 Å². The topological polar surface area (TPSA) is 139 Å². The molecule has 2 N–H and O–H groups in total. The minimum atomic E-state index is -1.01. The van der Waals surface area contributed by atoms with E-state index in [9.17, 15) is 30.1 Å². The van der Waals surface area contributed by atoms with Crippen molar-refractivity contribution in [2.75, 3.05) is 18.4 Å². The Bertz CT molecular complexity index is 1250. The van der Waals surface area contributed by atoms with Gasteiger partial charge in [0, 0.05) is 49.5 Å². The number of halogens is 3. The summed E-state index contributed by atoms with van der Waals surface area (Å²) in [6.07, 6.45) is -1.01. The van der Waals surface area contributed by atoms with Gasteiger partial charge in [-0.2, -0.15) is 0 Å². The lowest BCUT2D eigenvalue weighted by Gasteiger charge is -2.25. The highest BCUT2D eigenvalue weighted by Crippen LogP contribution is 2.30. The Labute approximate surface area is 238 Å². The van der Waals surface area contributed by atoms with Crippen LogP contribution in [0.4, 0.5) is 17.1 Å². The van der Waals surface area contributed by atoms with Gasteiger partial charge in [-0.3, -0.25) is 29.9 Å². The van der Waals surface area contributed by atoms with Gasteiger partial charge in [0.2, 0.25) is 5.91 Å². The highest BCUT2D eigenvalue weighted by atomic mass is 127. The molecule has 10 nitrogen and oxygen atoms in total. The van der Waals surface area contributed by atoms with Crippen molar-refractivity contribution in [3.05, 3.63) is 104 Å². The molecule has 3 aromatic rings. The molecular weight excluding hydrogens is 718 g/mol. The minimum Gasteiger partial charge on any atom is -0.387 e. The van der Waals surface area contributed by atoms with E-state index < -0.39 is 16.0 Å². The number of nitrogens with zero attached hydrogens (tertiary/aromatic N) is 3. The van der Waals surface area contributed by atoms with E-state index in [0.29, 0.717) is 30.0 Å². The lowest BCUT2D eigenvalue weighted by Crippen LogP contribution is -2.36. The first kappa shape index (κ1) is 28.2. The molecule has 13 heteroatoms. The zero-order valence-electron chi connectivity index (χ0n) is 18.4. The van der Waals surface area contributed by atoms with Gasteiger partial charge in [0.05, 0.1) is 28.2 Å². The summed E-state index contributed by atoms with van der Waals surface area (Å²) in [6, 6.07) is 15.4. The molecule has 0 bridgehead atoms. The molecule has 36 heavy (non-hydrogen) atoms. The van der Waals surface area contributed by atoms with Gasteiger partial charge in [0.15, 0.2) is 0 Å². The van der Waals surface area contributed by atoms with Gasteiger partial charge in [0.1, 0.15) is 0 Å². The first-order chi connectivity index (χ1) is 17.0. The number of carbonyl (C=O) groups is 1. The molecule has 3 rings (SSSR count). The number of hydrogen-bond acceptors (Lipinski definition) is 7. The number of nitrogens with one attached hydrogen (secondary N) is 1. The van der Waals surface area contributed by atoms with Gasteiger partial charge in [-0.1, -0.05) is 23.7 Å². The lowest BCUT2D eigenvalue weighted by molar-refractivity contribution is -0.385. The van der Waals surface area contributed by atoms with Crippen molar-refractivity contribution in [1.29, 1.82) is 0 Å². The number of aliphatic hydroxyl groups is 1. The largest absolute Gasteiger partial charge is 0.387 e. The lowest BCUT2D eigenvalue weighted by atomic mass is 10.1. The third-order valence-corrected chi connectivity index (χ3v) is 7.06. The van der Waals surface area contributed by atoms with Crippen LogP contribution in [-0.4, -0.2) is 38.8 Å². The number of carbonyl (C=O) groups excluding carboxylic acids is 1. The average molecular weight is 737 g/mol. The molecule has 0 saturated heterocycles. The summed E-state index contributed by atoms with van der Waals surface area (Å²) in [5, 5.41) is 36.2. The quantitative estimate of drug-likeness (QED) is 0.158. The van der Waals surface area contributed by atoms with Crippen molar-refractivity contribution in [3.8, 4) is 0 Å². The normalized spacial score (nSPS) is 11.8. The standard InChI is InChI=1S/C23H19ClI2N4O6/c24-16-5-1-14(2-6-16)11-28(12-21(31)15-3-7-17(8-4-15)29(33)34)13-22(32)27-23-19(25)9-18(30(35)36)10-20(23)26/h1-10,21,31H,11-13H2,(H,27,32). The molecule has 0 aliphatic rings. The summed E-state index contributed by atoms with van der Waals surface area (Å²) in [6.45, 7) is 0.307. The summed E-state index contributed by atoms with van der Waals surface area (Å²) < 4.78 is 1.05. The fourth-order valence-corrected chi connectivity index (χ4v) is 5.50. The fourth-order valence-electron chi connectivity index (χ4n) is 3.37. The predicted molar refractivity (Wildman–Crippen MR) is 152 cm³/mol. The summed E-state index contributed by atoms with van der Waals surface area (Å²) in [5.41, 5.74) is 1.64. The van der Waals surface area contributed by atoms with Crippen molar-refractivity contribution in [2.45, 2.75) is 12.6 Å². The maximum absolute atomic E-state index is 13.0. The molecule has 1 amide bonds. The third-order valence-electron chi connectivity index (χ3n) is 5.11. The molecule has 188 valence electrons. The molecule has 0 saturated carbocycles. The second-order valence-electron chi connectivity index (χ2n) is 7.75. The number of nitro benzene ring substituents is 2. The first-order valence-electron chi connectivity index (χ1n) is 10.4. The van der Waals surface area contributed by atoms with E-state index >= 15 is 0 Å². The maximum Gasteiger partial charge on any atom is 0.271 e. The molecule has 1 atom stereocenters. The van der Waals surface area contributed by atoms with E-state index in [1.165, 1.54) is 36.4 Å². The summed E-state index contributed by atoms with van der Waals surface area (Å²) in [4.78, 5) is 35.7. The smallest absolute Gasteiger partial charge is 0.271 e. The van der Waals surface area contributed by atoms with Crippen LogP contribution in [0.2, 0.25) is 5.02 Å². The van der Waals surface area contributed by atoms with Crippen molar-refractivity contribution in [1.82, 2.24) is 4.90 Å². The summed E-state index contributed by atoms with van der Waals surface area (Å²) >= 11 is 9.83. The van der Waals surface area contributed by atoms with Crippen LogP contribution in [0.25, 0.3) is 0 Å². The van der Waals surface area contributed by atoms with Crippen LogP contribution in [-0.2, 0) is 11.3 Å². The van der Waals surface area contributed by atoms with E-state index in [-0.39, 0.29) is 30.4 Å². The second kappa shape index (κ2) is 12.7. The van der Waals surface area contributed by atoms with Crippen LogP contribution < -0.4 is 5.32 Å². The Morgan fingerprint density at radius 2 is 1.53 bits per heavy atom. The highest BCUT2D eigenvalue weighted by Gasteiger charge is 2.20. The molecule has 0 aliphatic heterocycles. The first-order valence-corrected chi connectivity index (χ1v) is 12.9. The minimum absolute atomic E-state index is 0.0717. The number of anilines is 1. The number of rotatable bonds is 10. The van der Waals surface area contributed by atoms with Crippen LogP contribution in [0, 0.1) is 27.4 Å². The molecule has 0 fully saturated rings. The maximum atomic E-state index is 13.0. The van der Waals surface area contributed by atoms with Crippen LogP contribution >= 0.6 is 56.8 Å². The molecular formula is C23H19ClI2N4O6. The van der Waals surface area contributed by atoms with Crippen LogP contribution in [0.3, 0.4) is 0 Å². The predicted octanol–water partition coefficient (Wildman–Crippen LogP) is 5.54. The molecule has 0 radical (unpaired) electrons. The Balaban J connectivity index is 1.78. The number of aliphatic hydroxyl groups excluding tert-OH is 1. The van der Waals surface area contributed by atoms with Gasteiger partial charge in [-0.15, -0.1) is 0 Å². The van der Waals surface area contributed by atoms with Gasteiger partial charge < -0.3 is 10.4 Å². The zero-order valence-corrected chi connectivity index (χ0v) is 23.5. The SMILES string of the molecule is O=C(CN(Cc1ccc(Cl)cc1)CC(O)c1ccc([N+](=O)[O-])cc1)Nc1c(I)cc([N+](=O)[O-])cc1I. The number of hydrogen-bond donors (Lipinski definition) is 2. The number of non-ortho nitro benzene ring substituents is 2. The van der Waals surface area contributed by atoms with Crippen LogP contribution in [0.1, 0.15) is 17.2 Å². The van der Waals surface area contributed by atoms with Crippen LogP contribution in [0.5, 0.6) is 0 Å². The van der Waals surface area contributed by atoms with Crippen molar-refractivity contribution >= 4 is 79.8 Å². The zero-order chi connectivity index (χ0) is 26.4. The van der Waals surface area contributed by atoms with Gasteiger partial charge in [-0.25, -0.2) is 0 Å². The van der Waals surface area contributed by atoms with Crippen molar-refractivity contribution in [3.63, 3.8) is 0 Å². The number of amides is 1. The van der Waals surface area contributed by atoms with Gasteiger partial charge in [0.25, 0.3) is 11.4 Å². The fraction of sp³-hybridized carbons (Fsp3) is 0.174. The molecule has 0 aromatic heterocycles. The molecule has 0 aliphatic carbocycles. The number of benzene rings is 3. The third kappa shape index (κ3) is 7.80. The summed E-state index contributed by atoms with van der Waals surface area (Å²) in [7, 11) is 0. The number of nitro groups is 2. The molecule has 0 spiro atoms. The van der Waals surface area contributed by atoms with E-state index in [1.54, 1.807) is 17.0 Å². The molecule has 0 heterocycles. The van der Waals surface area contributed by atoms with Crippen LogP contribution in [0.15, 0.2) is 60.7 Å². The molecule has 3 aromatic carbocycles. The Hall–Kier alpha value is -2.40. The van der Waals surface area contributed by atoms with Crippen molar-refractivity contribution in [2.24, 2.45) is 0 Å². The second-order valence-corrected chi connectivity index (χ2v) is 10.5. The monoisotopic (exact) mass is 736 g/mol. The van der Waals surface area contributed by atoms with Gasteiger partial charge in [-0.05, 0) is 80.6 Å². The molecule has 1 unspecified atom stereocenters. The van der Waals surface area contributed by atoms with Crippen molar-refractivity contribution < 1.29 is 19.7 Å². The Kier molecular flexibility index (Phi) is 9.95. The Morgan fingerprint density at radius 1 is 0.972 bits per heavy atom. The summed E-state index contributed by atoms with van der Waals surface area (Å²) in [5.74, 6) is -0.371.